The van der Waals surface area contributed by atoms with Gasteiger partial charge in [0.05, 0.1) is 0 Å². The number of hydrogen-bond donors (Lipinski definition) is 1. The maximum atomic E-state index is 12.6. The van der Waals surface area contributed by atoms with Crippen LogP contribution in [0, 0.1) is 13.8 Å². The Balaban J connectivity index is 1.73. The number of hydrogen-bond acceptors (Lipinski definition) is 4. The van der Waals surface area contributed by atoms with Gasteiger partial charge in [-0.25, -0.2) is 9.97 Å². The summed E-state index contributed by atoms with van der Waals surface area (Å²) in [6, 6.07) is 20.0. The quantitative estimate of drug-likeness (QED) is 0.678. The number of anilines is 1. The maximum Gasteiger partial charge on any atom is 0.270 e. The van der Waals surface area contributed by atoms with E-state index in [1.165, 1.54) is 11.1 Å². The lowest BCUT2D eigenvalue weighted by Crippen LogP contribution is -2.28. The van der Waals surface area contributed by atoms with Crippen LogP contribution in [0.4, 0.5) is 5.95 Å². The summed E-state index contributed by atoms with van der Waals surface area (Å²) in [6.45, 7) is 7.92. The van der Waals surface area contributed by atoms with Gasteiger partial charge in [0.25, 0.3) is 5.91 Å². The third-order valence-corrected chi connectivity index (χ3v) is 4.53. The Labute approximate surface area is 166 Å². The molecule has 5 heteroatoms. The van der Waals surface area contributed by atoms with Gasteiger partial charge < -0.3 is 10.2 Å². The van der Waals surface area contributed by atoms with Crippen LogP contribution in [-0.2, 0) is 13.1 Å². The monoisotopic (exact) mass is 374 g/mol. The van der Waals surface area contributed by atoms with Crippen molar-refractivity contribution in [1.29, 1.82) is 0 Å². The Morgan fingerprint density at radius 3 is 2.36 bits per heavy atom. The second kappa shape index (κ2) is 9.13. The molecule has 0 saturated carbocycles. The number of rotatable bonds is 7. The molecule has 5 nitrogen and oxygen atoms in total. The second-order valence-corrected chi connectivity index (χ2v) is 6.86. The molecule has 0 radical (unpaired) electrons. The molecule has 2 aromatic carbocycles. The highest BCUT2D eigenvalue weighted by Crippen LogP contribution is 2.14. The lowest BCUT2D eigenvalue weighted by atomic mass is 10.1. The number of aryl methyl sites for hydroxylation is 2. The molecule has 0 aliphatic rings. The predicted molar refractivity (Wildman–Crippen MR) is 112 cm³/mol. The molecule has 144 valence electrons. The van der Waals surface area contributed by atoms with E-state index in [0.717, 1.165) is 17.8 Å². The number of carbonyl (C=O) groups is 1. The van der Waals surface area contributed by atoms with E-state index in [1.54, 1.807) is 6.07 Å². The van der Waals surface area contributed by atoms with Gasteiger partial charge >= 0.3 is 0 Å². The van der Waals surface area contributed by atoms with E-state index >= 15 is 0 Å². The largest absolute Gasteiger partial charge is 0.347 e. The van der Waals surface area contributed by atoms with Crippen molar-refractivity contribution in [3.05, 3.63) is 88.7 Å². The number of aromatic nitrogens is 2. The van der Waals surface area contributed by atoms with Gasteiger partial charge in [-0.3, -0.25) is 4.79 Å². The summed E-state index contributed by atoms with van der Waals surface area (Å²) < 4.78 is 0. The predicted octanol–water partition coefficient (Wildman–Crippen LogP) is 4.05. The summed E-state index contributed by atoms with van der Waals surface area (Å²) >= 11 is 0. The Morgan fingerprint density at radius 2 is 1.68 bits per heavy atom. The normalized spacial score (nSPS) is 10.5. The zero-order valence-electron chi connectivity index (χ0n) is 16.6. The zero-order chi connectivity index (χ0) is 19.9. The molecule has 1 N–H and O–H groups in total. The van der Waals surface area contributed by atoms with Gasteiger partial charge in [0, 0.05) is 25.3 Å². The van der Waals surface area contributed by atoms with E-state index in [1.807, 2.05) is 56.3 Å². The highest BCUT2D eigenvalue weighted by molar-refractivity contribution is 5.92. The summed E-state index contributed by atoms with van der Waals surface area (Å²) in [5, 5.41) is 2.95. The lowest BCUT2D eigenvalue weighted by Gasteiger charge is -2.21. The first-order valence-corrected chi connectivity index (χ1v) is 9.53. The van der Waals surface area contributed by atoms with Gasteiger partial charge in [-0.2, -0.15) is 0 Å². The minimum atomic E-state index is -0.192. The summed E-state index contributed by atoms with van der Waals surface area (Å²) in [6.07, 6.45) is 0. The average Bonchev–Trinajstić information content (AvgIpc) is 2.71. The molecule has 0 atom stereocenters. The molecular weight excluding hydrogens is 348 g/mol. The molecule has 0 aliphatic heterocycles. The molecule has 1 heterocycles. The summed E-state index contributed by atoms with van der Waals surface area (Å²) in [4.78, 5) is 23.8. The first-order chi connectivity index (χ1) is 13.5. The van der Waals surface area contributed by atoms with Crippen LogP contribution >= 0.6 is 0 Å². The first kappa shape index (κ1) is 19.5. The SMILES string of the molecule is CCN(Cc1ccccc1)c1nc(C)cc(C(=O)NCc2ccc(C)cc2)n1. The van der Waals surface area contributed by atoms with Gasteiger partial charge in [-0.1, -0.05) is 60.2 Å². The molecule has 0 aliphatic carbocycles. The van der Waals surface area contributed by atoms with E-state index in [9.17, 15) is 4.79 Å². The summed E-state index contributed by atoms with van der Waals surface area (Å²) in [5.74, 6) is 0.384. The Hall–Kier alpha value is -3.21. The Bertz CT molecular complexity index is 923. The summed E-state index contributed by atoms with van der Waals surface area (Å²) in [7, 11) is 0. The second-order valence-electron chi connectivity index (χ2n) is 6.86. The van der Waals surface area contributed by atoms with E-state index in [0.29, 0.717) is 24.7 Å². The van der Waals surface area contributed by atoms with E-state index in [-0.39, 0.29) is 5.91 Å². The maximum absolute atomic E-state index is 12.6. The Morgan fingerprint density at radius 1 is 0.964 bits per heavy atom. The van der Waals surface area contributed by atoms with Crippen LogP contribution in [0.15, 0.2) is 60.7 Å². The van der Waals surface area contributed by atoms with Crippen molar-refractivity contribution in [3.8, 4) is 0 Å². The smallest absolute Gasteiger partial charge is 0.270 e. The van der Waals surface area contributed by atoms with Crippen LogP contribution in [-0.4, -0.2) is 22.4 Å². The topological polar surface area (TPSA) is 58.1 Å². The lowest BCUT2D eigenvalue weighted by molar-refractivity contribution is 0.0945. The Kier molecular flexibility index (Phi) is 6.37. The number of carbonyl (C=O) groups excluding carboxylic acids is 1. The number of nitrogens with zero attached hydrogens (tertiary/aromatic N) is 3. The van der Waals surface area contributed by atoms with Gasteiger partial charge in [0.2, 0.25) is 5.95 Å². The molecule has 1 amide bonds. The van der Waals surface area contributed by atoms with Crippen molar-refractivity contribution in [3.63, 3.8) is 0 Å². The van der Waals surface area contributed by atoms with Gasteiger partial charge in [-0.05, 0) is 38.0 Å². The molecular formula is C23H26N4O. The van der Waals surface area contributed by atoms with Crippen molar-refractivity contribution >= 4 is 11.9 Å². The minimum Gasteiger partial charge on any atom is -0.347 e. The third kappa shape index (κ3) is 5.16. The fraction of sp³-hybridized carbons (Fsp3) is 0.261. The highest BCUT2D eigenvalue weighted by atomic mass is 16.1. The third-order valence-electron chi connectivity index (χ3n) is 4.53. The minimum absolute atomic E-state index is 0.192. The zero-order valence-corrected chi connectivity index (χ0v) is 16.6. The van der Waals surface area contributed by atoms with Crippen LogP contribution in [0.25, 0.3) is 0 Å². The van der Waals surface area contributed by atoms with Crippen molar-refractivity contribution in [2.24, 2.45) is 0 Å². The molecule has 28 heavy (non-hydrogen) atoms. The van der Waals surface area contributed by atoms with E-state index < -0.39 is 0 Å². The van der Waals surface area contributed by atoms with Gasteiger partial charge in [0.1, 0.15) is 5.69 Å². The molecule has 1 aromatic heterocycles. The molecule has 0 spiro atoms. The van der Waals surface area contributed by atoms with Crippen LogP contribution in [0.3, 0.4) is 0 Å². The average molecular weight is 374 g/mol. The highest BCUT2D eigenvalue weighted by Gasteiger charge is 2.14. The van der Waals surface area contributed by atoms with Crippen LogP contribution < -0.4 is 10.2 Å². The van der Waals surface area contributed by atoms with Crippen LogP contribution in [0.1, 0.15) is 39.8 Å². The summed E-state index contributed by atoms with van der Waals surface area (Å²) in [5.41, 5.74) is 4.60. The first-order valence-electron chi connectivity index (χ1n) is 9.53. The molecule has 0 saturated heterocycles. The van der Waals surface area contributed by atoms with Gasteiger partial charge in [-0.15, -0.1) is 0 Å². The molecule has 3 aromatic rings. The molecule has 3 rings (SSSR count). The van der Waals surface area contributed by atoms with Crippen molar-refractivity contribution in [1.82, 2.24) is 15.3 Å². The fourth-order valence-electron chi connectivity index (χ4n) is 2.92. The van der Waals surface area contributed by atoms with Crippen LogP contribution in [0.5, 0.6) is 0 Å². The van der Waals surface area contributed by atoms with Crippen molar-refractivity contribution in [2.75, 3.05) is 11.4 Å². The van der Waals surface area contributed by atoms with Crippen molar-refractivity contribution < 1.29 is 4.79 Å². The number of amides is 1. The van der Waals surface area contributed by atoms with E-state index in [4.69, 9.17) is 0 Å². The van der Waals surface area contributed by atoms with E-state index in [2.05, 4.69) is 39.2 Å². The van der Waals surface area contributed by atoms with Gasteiger partial charge in [0.15, 0.2) is 0 Å². The molecule has 0 bridgehead atoms. The molecule has 0 fully saturated rings. The molecule has 0 unspecified atom stereocenters. The number of benzene rings is 2. The standard InChI is InChI=1S/C23H26N4O/c1-4-27(16-20-8-6-5-7-9-20)23-25-18(3)14-21(26-23)22(28)24-15-19-12-10-17(2)11-13-19/h5-14H,4,15-16H2,1-3H3,(H,24,28). The van der Waals surface area contributed by atoms with Crippen molar-refractivity contribution in [2.45, 2.75) is 33.9 Å². The fourth-order valence-corrected chi connectivity index (χ4v) is 2.92. The van der Waals surface area contributed by atoms with Crippen LogP contribution in [0.2, 0.25) is 0 Å². The number of nitrogens with one attached hydrogen (secondary N) is 1.